The molecule has 2 fully saturated rings. The van der Waals surface area contributed by atoms with Gasteiger partial charge in [-0.15, -0.1) is 0 Å². The van der Waals surface area contributed by atoms with E-state index >= 15 is 0 Å². The van der Waals surface area contributed by atoms with Gasteiger partial charge in [-0.3, -0.25) is 0 Å². The van der Waals surface area contributed by atoms with Crippen molar-refractivity contribution in [3.63, 3.8) is 0 Å². The standard InChI is InChI=1S/C12H24N2O4S/c15-12(5-3-1-2-4-6-12)11-13-19(16,17)14-7-9-18-10-8-14/h13,15H,1-11H2. The van der Waals surface area contributed by atoms with Gasteiger partial charge in [0.1, 0.15) is 0 Å². The van der Waals surface area contributed by atoms with Crippen molar-refractivity contribution in [2.75, 3.05) is 32.8 Å². The summed E-state index contributed by atoms with van der Waals surface area (Å²) in [6.07, 6.45) is 5.54. The van der Waals surface area contributed by atoms with E-state index in [2.05, 4.69) is 4.72 Å². The largest absolute Gasteiger partial charge is 0.389 e. The van der Waals surface area contributed by atoms with Crippen molar-refractivity contribution in [3.8, 4) is 0 Å². The Kier molecular flexibility index (Phi) is 5.19. The molecule has 0 unspecified atom stereocenters. The molecule has 1 saturated heterocycles. The Morgan fingerprint density at radius 2 is 1.68 bits per heavy atom. The van der Waals surface area contributed by atoms with E-state index in [0.29, 0.717) is 39.1 Å². The van der Waals surface area contributed by atoms with Crippen LogP contribution in [0.4, 0.5) is 0 Å². The Morgan fingerprint density at radius 1 is 1.11 bits per heavy atom. The molecule has 7 heteroatoms. The number of hydrogen-bond acceptors (Lipinski definition) is 4. The van der Waals surface area contributed by atoms with E-state index in [0.717, 1.165) is 25.7 Å². The molecule has 2 N–H and O–H groups in total. The molecule has 0 amide bonds. The average molecular weight is 292 g/mol. The van der Waals surface area contributed by atoms with Gasteiger partial charge in [-0.05, 0) is 12.8 Å². The van der Waals surface area contributed by atoms with Gasteiger partial charge in [0.2, 0.25) is 0 Å². The van der Waals surface area contributed by atoms with Gasteiger partial charge >= 0.3 is 0 Å². The summed E-state index contributed by atoms with van der Waals surface area (Å²) in [6, 6.07) is 0. The summed E-state index contributed by atoms with van der Waals surface area (Å²) in [4.78, 5) is 0. The van der Waals surface area contributed by atoms with Crippen molar-refractivity contribution in [2.24, 2.45) is 0 Å². The highest BCUT2D eigenvalue weighted by atomic mass is 32.2. The van der Waals surface area contributed by atoms with E-state index in [1.165, 1.54) is 4.31 Å². The number of nitrogens with zero attached hydrogens (tertiary/aromatic N) is 1. The molecule has 2 aliphatic rings. The summed E-state index contributed by atoms with van der Waals surface area (Å²) in [5, 5.41) is 10.4. The lowest BCUT2D eigenvalue weighted by atomic mass is 9.95. The Labute approximate surface area is 115 Å². The van der Waals surface area contributed by atoms with Gasteiger partial charge in [0.25, 0.3) is 10.2 Å². The Morgan fingerprint density at radius 3 is 2.26 bits per heavy atom. The molecule has 112 valence electrons. The fourth-order valence-electron chi connectivity index (χ4n) is 2.67. The second-order valence-electron chi connectivity index (χ2n) is 5.48. The van der Waals surface area contributed by atoms with Crippen molar-refractivity contribution in [1.29, 1.82) is 0 Å². The quantitative estimate of drug-likeness (QED) is 0.728. The lowest BCUT2D eigenvalue weighted by Crippen LogP contribution is -2.50. The molecule has 0 aromatic rings. The fraction of sp³-hybridized carbons (Fsp3) is 1.00. The molecule has 1 aliphatic heterocycles. The lowest BCUT2D eigenvalue weighted by Gasteiger charge is -2.30. The smallest absolute Gasteiger partial charge is 0.279 e. The van der Waals surface area contributed by atoms with Gasteiger partial charge in [0.15, 0.2) is 0 Å². The van der Waals surface area contributed by atoms with E-state index in [9.17, 15) is 13.5 Å². The van der Waals surface area contributed by atoms with Crippen molar-refractivity contribution in [3.05, 3.63) is 0 Å². The molecule has 2 rings (SSSR count). The minimum Gasteiger partial charge on any atom is -0.389 e. The molecule has 0 bridgehead atoms. The number of hydrogen-bond donors (Lipinski definition) is 2. The Balaban J connectivity index is 1.88. The van der Waals surface area contributed by atoms with Crippen LogP contribution in [0.25, 0.3) is 0 Å². The normalized spacial score (nSPS) is 25.9. The van der Waals surface area contributed by atoms with Crippen LogP contribution < -0.4 is 4.72 Å². The molecule has 0 aromatic carbocycles. The molecule has 0 radical (unpaired) electrons. The van der Waals surface area contributed by atoms with Gasteiger partial charge in [-0.1, -0.05) is 25.7 Å². The molecule has 1 heterocycles. The Bertz CT molecular complexity index is 371. The molecule has 19 heavy (non-hydrogen) atoms. The zero-order chi connectivity index (χ0) is 13.8. The molecule has 0 spiro atoms. The fourth-order valence-corrected chi connectivity index (χ4v) is 3.93. The predicted molar refractivity (Wildman–Crippen MR) is 72.0 cm³/mol. The van der Waals surface area contributed by atoms with Gasteiger partial charge in [-0.25, -0.2) is 0 Å². The molecule has 0 aromatic heterocycles. The van der Waals surface area contributed by atoms with Crippen LogP contribution in [-0.2, 0) is 14.9 Å². The maximum Gasteiger partial charge on any atom is 0.279 e. The second-order valence-corrected chi connectivity index (χ2v) is 7.23. The van der Waals surface area contributed by atoms with Crippen LogP contribution in [0, 0.1) is 0 Å². The maximum atomic E-state index is 12.1. The van der Waals surface area contributed by atoms with E-state index in [1.807, 2.05) is 0 Å². The third kappa shape index (κ3) is 4.39. The monoisotopic (exact) mass is 292 g/mol. The number of morpholine rings is 1. The number of ether oxygens (including phenoxy) is 1. The summed E-state index contributed by atoms with van der Waals surface area (Å²) in [5.74, 6) is 0. The van der Waals surface area contributed by atoms with Crippen LogP contribution in [0.5, 0.6) is 0 Å². The highest BCUT2D eigenvalue weighted by Crippen LogP contribution is 2.26. The molecular weight excluding hydrogens is 268 g/mol. The van der Waals surface area contributed by atoms with Crippen LogP contribution in [0.1, 0.15) is 38.5 Å². The van der Waals surface area contributed by atoms with Crippen LogP contribution in [-0.4, -0.2) is 56.3 Å². The summed E-state index contributed by atoms with van der Waals surface area (Å²) >= 11 is 0. The van der Waals surface area contributed by atoms with Crippen LogP contribution in [0.3, 0.4) is 0 Å². The number of nitrogens with one attached hydrogen (secondary N) is 1. The van der Waals surface area contributed by atoms with E-state index in [4.69, 9.17) is 4.74 Å². The highest BCUT2D eigenvalue weighted by molar-refractivity contribution is 7.87. The summed E-state index contributed by atoms with van der Waals surface area (Å²) in [6.45, 7) is 1.75. The summed E-state index contributed by atoms with van der Waals surface area (Å²) in [7, 11) is -3.49. The van der Waals surface area contributed by atoms with Crippen LogP contribution in [0.15, 0.2) is 0 Å². The molecule has 0 atom stereocenters. The average Bonchev–Trinajstić information content (AvgIpc) is 2.63. The van der Waals surface area contributed by atoms with Crippen molar-refractivity contribution in [1.82, 2.24) is 9.03 Å². The third-order valence-corrected chi connectivity index (χ3v) is 5.48. The third-order valence-electron chi connectivity index (χ3n) is 3.93. The molecule has 1 aliphatic carbocycles. The van der Waals surface area contributed by atoms with Gasteiger partial charge in [0.05, 0.1) is 18.8 Å². The minimum absolute atomic E-state index is 0.118. The summed E-state index contributed by atoms with van der Waals surface area (Å²) < 4.78 is 33.3. The first-order valence-corrected chi connectivity index (χ1v) is 8.51. The van der Waals surface area contributed by atoms with Crippen molar-refractivity contribution >= 4 is 10.2 Å². The molecule has 1 saturated carbocycles. The molecular formula is C12H24N2O4S. The zero-order valence-electron chi connectivity index (χ0n) is 11.3. The SMILES string of the molecule is O=S(=O)(NCC1(O)CCCCCC1)N1CCOCC1. The Hall–Kier alpha value is -0.210. The highest BCUT2D eigenvalue weighted by Gasteiger charge is 2.31. The van der Waals surface area contributed by atoms with E-state index in [-0.39, 0.29) is 6.54 Å². The second kappa shape index (κ2) is 6.49. The first kappa shape index (κ1) is 15.2. The van der Waals surface area contributed by atoms with Gasteiger partial charge in [0, 0.05) is 19.6 Å². The summed E-state index contributed by atoms with van der Waals surface area (Å²) in [5.41, 5.74) is -0.879. The van der Waals surface area contributed by atoms with Crippen molar-refractivity contribution < 1.29 is 18.3 Å². The first-order valence-electron chi connectivity index (χ1n) is 7.07. The van der Waals surface area contributed by atoms with Gasteiger partial charge < -0.3 is 9.84 Å². The first-order chi connectivity index (χ1) is 9.02. The minimum atomic E-state index is -3.49. The zero-order valence-corrected chi connectivity index (χ0v) is 12.1. The van der Waals surface area contributed by atoms with Gasteiger partial charge in [-0.2, -0.15) is 17.4 Å². The predicted octanol–water partition coefficient (Wildman–Crippen LogP) is 0.238. The van der Waals surface area contributed by atoms with E-state index in [1.54, 1.807) is 0 Å². The van der Waals surface area contributed by atoms with Crippen LogP contribution >= 0.6 is 0 Å². The van der Waals surface area contributed by atoms with Crippen LogP contribution in [0.2, 0.25) is 0 Å². The molecule has 6 nitrogen and oxygen atoms in total. The topological polar surface area (TPSA) is 78.9 Å². The number of rotatable bonds is 4. The number of aliphatic hydroxyl groups is 1. The van der Waals surface area contributed by atoms with E-state index < -0.39 is 15.8 Å². The maximum absolute atomic E-state index is 12.1. The van der Waals surface area contributed by atoms with Crippen molar-refractivity contribution in [2.45, 2.75) is 44.1 Å². The lowest BCUT2D eigenvalue weighted by molar-refractivity contribution is 0.0292.